The highest BCUT2D eigenvalue weighted by atomic mass is 79.9. The lowest BCUT2D eigenvalue weighted by molar-refractivity contribution is 0.411. The number of nitrogens with two attached hydrogens (primary N) is 1. The van der Waals surface area contributed by atoms with Gasteiger partial charge in [-0.15, -0.1) is 11.8 Å². The van der Waals surface area contributed by atoms with Crippen LogP contribution in [0, 0.1) is 13.8 Å². The third-order valence-electron chi connectivity index (χ3n) is 3.44. The molecule has 2 nitrogen and oxygen atoms in total. The third-order valence-corrected chi connectivity index (χ3v) is 5.58. The van der Waals surface area contributed by atoms with Crippen LogP contribution in [-0.2, 0) is 0 Å². The van der Waals surface area contributed by atoms with Crippen LogP contribution in [-0.4, -0.2) is 12.9 Å². The summed E-state index contributed by atoms with van der Waals surface area (Å²) < 4.78 is 6.47. The van der Waals surface area contributed by atoms with Crippen LogP contribution in [0.2, 0.25) is 0 Å². The number of halogens is 1. The van der Waals surface area contributed by atoms with E-state index in [-0.39, 0.29) is 6.04 Å². The third kappa shape index (κ3) is 4.02. The summed E-state index contributed by atoms with van der Waals surface area (Å²) >= 11 is 5.34. The van der Waals surface area contributed by atoms with Crippen LogP contribution in [0.25, 0.3) is 0 Å². The highest BCUT2D eigenvalue weighted by Gasteiger charge is 2.13. The fraction of sp³-hybridized carbons (Fsp3) is 0.294. The average molecular weight is 366 g/mol. The summed E-state index contributed by atoms with van der Waals surface area (Å²) in [5.74, 6) is 1.76. The van der Waals surface area contributed by atoms with Crippen molar-refractivity contribution in [1.82, 2.24) is 0 Å². The SMILES string of the molecule is COc1cc(C)c(C(N)CSc2ccccc2Br)cc1C. The molecule has 0 aliphatic rings. The van der Waals surface area contributed by atoms with Gasteiger partial charge in [-0.05, 0) is 64.7 Å². The number of methoxy groups -OCH3 is 1. The van der Waals surface area contributed by atoms with Crippen LogP contribution < -0.4 is 10.5 Å². The summed E-state index contributed by atoms with van der Waals surface area (Å²) in [6, 6.07) is 12.4. The van der Waals surface area contributed by atoms with Crippen molar-refractivity contribution in [3.63, 3.8) is 0 Å². The number of rotatable bonds is 5. The number of benzene rings is 2. The Bertz CT molecular complexity index is 630. The predicted molar refractivity (Wildman–Crippen MR) is 94.3 cm³/mol. The van der Waals surface area contributed by atoms with Gasteiger partial charge in [0.1, 0.15) is 5.75 Å². The van der Waals surface area contributed by atoms with Gasteiger partial charge in [-0.2, -0.15) is 0 Å². The van der Waals surface area contributed by atoms with Gasteiger partial charge in [0.2, 0.25) is 0 Å². The Morgan fingerprint density at radius 3 is 2.57 bits per heavy atom. The van der Waals surface area contributed by atoms with E-state index in [1.54, 1.807) is 18.9 Å². The maximum Gasteiger partial charge on any atom is 0.122 e. The van der Waals surface area contributed by atoms with Crippen molar-refractivity contribution >= 4 is 27.7 Å². The van der Waals surface area contributed by atoms with E-state index >= 15 is 0 Å². The van der Waals surface area contributed by atoms with Crippen LogP contribution in [0.4, 0.5) is 0 Å². The first-order chi connectivity index (χ1) is 10.0. The molecule has 4 heteroatoms. The smallest absolute Gasteiger partial charge is 0.122 e. The molecule has 0 amide bonds. The van der Waals surface area contributed by atoms with Gasteiger partial charge in [-0.1, -0.05) is 18.2 Å². The van der Waals surface area contributed by atoms with E-state index in [2.05, 4.69) is 54.0 Å². The average Bonchev–Trinajstić information content (AvgIpc) is 2.48. The van der Waals surface area contributed by atoms with E-state index in [0.717, 1.165) is 21.5 Å². The first kappa shape index (κ1) is 16.4. The molecule has 1 unspecified atom stereocenters. The van der Waals surface area contributed by atoms with Gasteiger partial charge in [0, 0.05) is 21.2 Å². The summed E-state index contributed by atoms with van der Waals surface area (Å²) in [4.78, 5) is 1.22. The molecule has 0 heterocycles. The second kappa shape index (κ2) is 7.34. The molecule has 0 saturated carbocycles. The van der Waals surface area contributed by atoms with Gasteiger partial charge >= 0.3 is 0 Å². The molecular formula is C17H20BrNOS. The lowest BCUT2D eigenvalue weighted by Gasteiger charge is -2.17. The monoisotopic (exact) mass is 365 g/mol. The van der Waals surface area contributed by atoms with Crippen molar-refractivity contribution in [3.05, 3.63) is 57.6 Å². The minimum absolute atomic E-state index is 0.00622. The van der Waals surface area contributed by atoms with E-state index < -0.39 is 0 Å². The Morgan fingerprint density at radius 2 is 1.90 bits per heavy atom. The fourth-order valence-corrected chi connectivity index (χ4v) is 3.81. The molecule has 0 radical (unpaired) electrons. The van der Waals surface area contributed by atoms with Crippen LogP contribution in [0.3, 0.4) is 0 Å². The van der Waals surface area contributed by atoms with Crippen LogP contribution in [0.1, 0.15) is 22.7 Å². The summed E-state index contributed by atoms with van der Waals surface area (Å²) in [6.07, 6.45) is 0. The Hall–Kier alpha value is -0.970. The number of ether oxygens (including phenoxy) is 1. The molecule has 112 valence electrons. The van der Waals surface area contributed by atoms with Gasteiger partial charge in [0.05, 0.1) is 7.11 Å². The standard InChI is InChI=1S/C17H20BrNOS/c1-11-9-16(20-3)12(2)8-13(11)15(19)10-21-17-7-5-4-6-14(17)18/h4-9,15H,10,19H2,1-3H3. The molecule has 1 atom stereocenters. The summed E-state index contributed by atoms with van der Waals surface area (Å²) in [5, 5.41) is 0. The molecule has 0 fully saturated rings. The van der Waals surface area contributed by atoms with Gasteiger partial charge in [0.25, 0.3) is 0 Å². The van der Waals surface area contributed by atoms with Gasteiger partial charge in [0.15, 0.2) is 0 Å². The Morgan fingerprint density at radius 1 is 1.19 bits per heavy atom. The zero-order valence-electron chi connectivity index (χ0n) is 12.5. The van der Waals surface area contributed by atoms with E-state index in [1.807, 2.05) is 12.1 Å². The van der Waals surface area contributed by atoms with Crippen molar-refractivity contribution in [2.75, 3.05) is 12.9 Å². The molecule has 2 aromatic rings. The van der Waals surface area contributed by atoms with Crippen molar-refractivity contribution in [1.29, 1.82) is 0 Å². The number of hydrogen-bond acceptors (Lipinski definition) is 3. The lowest BCUT2D eigenvalue weighted by Crippen LogP contribution is -2.15. The second-order valence-corrected chi connectivity index (χ2v) is 6.94. The molecule has 0 bridgehead atoms. The number of hydrogen-bond donors (Lipinski definition) is 1. The minimum atomic E-state index is 0.00622. The molecule has 0 saturated heterocycles. The largest absolute Gasteiger partial charge is 0.496 e. The molecule has 0 aromatic heterocycles. The Balaban J connectivity index is 2.12. The zero-order chi connectivity index (χ0) is 15.4. The first-order valence-electron chi connectivity index (χ1n) is 6.81. The predicted octanol–water partition coefficient (Wildman–Crippen LogP) is 4.87. The van der Waals surface area contributed by atoms with Crippen LogP contribution in [0.5, 0.6) is 5.75 Å². The summed E-state index contributed by atoms with van der Waals surface area (Å²) in [6.45, 7) is 4.13. The van der Waals surface area contributed by atoms with Crippen molar-refractivity contribution in [2.24, 2.45) is 5.73 Å². The molecule has 21 heavy (non-hydrogen) atoms. The van der Waals surface area contributed by atoms with Gasteiger partial charge in [-0.25, -0.2) is 0 Å². The minimum Gasteiger partial charge on any atom is -0.496 e. The molecule has 2 N–H and O–H groups in total. The van der Waals surface area contributed by atoms with Crippen molar-refractivity contribution in [2.45, 2.75) is 24.8 Å². The van der Waals surface area contributed by atoms with E-state index in [1.165, 1.54) is 16.0 Å². The normalized spacial score (nSPS) is 12.2. The van der Waals surface area contributed by atoms with Crippen molar-refractivity contribution < 1.29 is 4.74 Å². The van der Waals surface area contributed by atoms with E-state index in [9.17, 15) is 0 Å². The highest BCUT2D eigenvalue weighted by molar-refractivity contribution is 9.10. The van der Waals surface area contributed by atoms with Crippen molar-refractivity contribution in [3.8, 4) is 5.75 Å². The molecule has 0 aliphatic heterocycles. The second-order valence-electron chi connectivity index (χ2n) is 5.03. The lowest BCUT2D eigenvalue weighted by atomic mass is 10.00. The quantitative estimate of drug-likeness (QED) is 0.767. The Labute approximate surface area is 139 Å². The fourth-order valence-electron chi connectivity index (χ4n) is 2.26. The van der Waals surface area contributed by atoms with Gasteiger partial charge < -0.3 is 10.5 Å². The molecular weight excluding hydrogens is 346 g/mol. The number of aryl methyl sites for hydroxylation is 2. The van der Waals surface area contributed by atoms with Crippen LogP contribution >= 0.6 is 27.7 Å². The maximum atomic E-state index is 6.38. The summed E-state index contributed by atoms with van der Waals surface area (Å²) in [7, 11) is 1.70. The topological polar surface area (TPSA) is 35.2 Å². The summed E-state index contributed by atoms with van der Waals surface area (Å²) in [5.41, 5.74) is 9.87. The maximum absolute atomic E-state index is 6.38. The van der Waals surface area contributed by atoms with Crippen LogP contribution in [0.15, 0.2) is 45.8 Å². The van der Waals surface area contributed by atoms with E-state index in [4.69, 9.17) is 10.5 Å². The van der Waals surface area contributed by atoms with Gasteiger partial charge in [-0.3, -0.25) is 0 Å². The molecule has 0 aliphatic carbocycles. The highest BCUT2D eigenvalue weighted by Crippen LogP contribution is 2.32. The first-order valence-corrected chi connectivity index (χ1v) is 8.59. The molecule has 2 aromatic carbocycles. The van der Waals surface area contributed by atoms with E-state index in [0.29, 0.717) is 0 Å². The molecule has 0 spiro atoms. The number of thioether (sulfide) groups is 1. The Kier molecular flexibility index (Phi) is 5.73. The molecule has 2 rings (SSSR count). The zero-order valence-corrected chi connectivity index (χ0v) is 14.9.